The van der Waals surface area contributed by atoms with Crippen molar-refractivity contribution in [1.29, 1.82) is 0 Å². The Hall–Kier alpha value is -1.03. The van der Waals surface area contributed by atoms with Crippen LogP contribution in [0, 0.1) is 0 Å². The topological polar surface area (TPSA) is 56.8 Å². The maximum absolute atomic E-state index is 12.2. The summed E-state index contributed by atoms with van der Waals surface area (Å²) < 4.78 is 27.6. The van der Waals surface area contributed by atoms with Crippen LogP contribution >= 0.6 is 7.60 Å². The number of methoxy groups -OCH3 is 1. The fourth-order valence-corrected chi connectivity index (χ4v) is 2.84. The Morgan fingerprint density at radius 2 is 1.67 bits per heavy atom. The summed E-state index contributed by atoms with van der Waals surface area (Å²) in [4.78, 5) is 0. The third-order valence-electron chi connectivity index (χ3n) is 2.22. The van der Waals surface area contributed by atoms with Gasteiger partial charge in [0.05, 0.1) is 20.3 Å². The van der Waals surface area contributed by atoms with E-state index in [9.17, 15) is 4.57 Å². The molecule has 5 nitrogen and oxygen atoms in total. The second-order valence-electron chi connectivity index (χ2n) is 3.51. The van der Waals surface area contributed by atoms with E-state index < -0.39 is 7.60 Å². The van der Waals surface area contributed by atoms with Gasteiger partial charge in [0, 0.05) is 5.69 Å². The first kappa shape index (κ1) is 15.0. The van der Waals surface area contributed by atoms with Gasteiger partial charge in [-0.15, -0.1) is 0 Å². The van der Waals surface area contributed by atoms with Crippen LogP contribution in [-0.4, -0.2) is 26.6 Å². The predicted octanol–water partition coefficient (Wildman–Crippen LogP) is 3.33. The minimum atomic E-state index is -3.05. The number of anilines is 1. The second-order valence-corrected chi connectivity index (χ2v) is 5.56. The first-order valence-electron chi connectivity index (χ1n) is 5.89. The quantitative estimate of drug-likeness (QED) is 0.736. The summed E-state index contributed by atoms with van der Waals surface area (Å²) in [7, 11) is -1.43. The molecule has 0 atom stereocenters. The molecule has 0 bridgehead atoms. The first-order valence-corrected chi connectivity index (χ1v) is 7.62. The van der Waals surface area contributed by atoms with Crippen molar-refractivity contribution in [1.82, 2.24) is 0 Å². The highest BCUT2D eigenvalue weighted by atomic mass is 31.2. The number of ether oxygens (including phenoxy) is 1. The van der Waals surface area contributed by atoms with Gasteiger partial charge >= 0.3 is 7.60 Å². The zero-order chi connectivity index (χ0) is 13.4. The molecular formula is C12H20NO4P. The monoisotopic (exact) mass is 273 g/mol. The van der Waals surface area contributed by atoms with Crippen LogP contribution in [0.5, 0.6) is 5.75 Å². The standard InChI is InChI=1S/C12H20NO4P/c1-4-16-18(14,17-5-2)10-13-11-6-8-12(15-3)9-7-11/h6-9,13H,4-5,10H2,1-3H3. The molecule has 0 aromatic heterocycles. The van der Waals surface area contributed by atoms with Crippen molar-refractivity contribution in [2.75, 3.05) is 31.9 Å². The lowest BCUT2D eigenvalue weighted by molar-refractivity contribution is 0.221. The molecular weight excluding hydrogens is 253 g/mol. The molecule has 1 rings (SSSR count). The van der Waals surface area contributed by atoms with Gasteiger partial charge in [0.25, 0.3) is 0 Å². The Kier molecular flexibility index (Phi) is 6.19. The van der Waals surface area contributed by atoms with Crippen LogP contribution in [0.2, 0.25) is 0 Å². The van der Waals surface area contributed by atoms with Gasteiger partial charge in [-0.3, -0.25) is 4.57 Å². The van der Waals surface area contributed by atoms with Gasteiger partial charge in [-0.25, -0.2) is 0 Å². The third-order valence-corrected chi connectivity index (χ3v) is 4.07. The van der Waals surface area contributed by atoms with Crippen LogP contribution in [0.3, 0.4) is 0 Å². The van der Waals surface area contributed by atoms with Crippen molar-refractivity contribution >= 4 is 13.3 Å². The summed E-state index contributed by atoms with van der Waals surface area (Å²) >= 11 is 0. The summed E-state index contributed by atoms with van der Waals surface area (Å²) in [5.41, 5.74) is 0.843. The van der Waals surface area contributed by atoms with Crippen LogP contribution in [0.1, 0.15) is 13.8 Å². The molecule has 0 saturated carbocycles. The summed E-state index contributed by atoms with van der Waals surface area (Å²) in [6.45, 7) is 4.31. The van der Waals surface area contributed by atoms with Gasteiger partial charge in [-0.2, -0.15) is 0 Å². The molecule has 0 spiro atoms. The number of hydrogen-bond donors (Lipinski definition) is 1. The lowest BCUT2D eigenvalue weighted by Gasteiger charge is -2.18. The second kappa shape index (κ2) is 7.41. The smallest absolute Gasteiger partial charge is 0.349 e. The van der Waals surface area contributed by atoms with Crippen molar-refractivity contribution in [3.05, 3.63) is 24.3 Å². The number of hydrogen-bond acceptors (Lipinski definition) is 5. The lowest BCUT2D eigenvalue weighted by atomic mass is 10.3. The van der Waals surface area contributed by atoms with E-state index in [4.69, 9.17) is 13.8 Å². The number of benzene rings is 1. The van der Waals surface area contributed by atoms with Gasteiger partial charge in [-0.1, -0.05) is 0 Å². The van der Waals surface area contributed by atoms with Crippen LogP contribution in [0.15, 0.2) is 24.3 Å². The molecule has 0 aliphatic carbocycles. The van der Waals surface area contributed by atoms with E-state index in [-0.39, 0.29) is 6.29 Å². The molecule has 6 heteroatoms. The van der Waals surface area contributed by atoms with E-state index >= 15 is 0 Å². The molecule has 1 N–H and O–H groups in total. The first-order chi connectivity index (χ1) is 8.63. The third kappa shape index (κ3) is 4.69. The van der Waals surface area contributed by atoms with Crippen molar-refractivity contribution < 1.29 is 18.3 Å². The van der Waals surface area contributed by atoms with E-state index in [0.29, 0.717) is 13.2 Å². The molecule has 0 heterocycles. The molecule has 0 radical (unpaired) electrons. The molecule has 1 aromatic rings. The summed E-state index contributed by atoms with van der Waals surface area (Å²) in [6.07, 6.45) is 0.154. The predicted molar refractivity (Wildman–Crippen MR) is 72.3 cm³/mol. The van der Waals surface area contributed by atoms with Gasteiger partial charge in [0.2, 0.25) is 0 Å². The molecule has 0 amide bonds. The van der Waals surface area contributed by atoms with Crippen LogP contribution in [0.4, 0.5) is 5.69 Å². The van der Waals surface area contributed by atoms with Crippen molar-refractivity contribution in [3.8, 4) is 5.75 Å². The zero-order valence-electron chi connectivity index (χ0n) is 11.0. The molecule has 18 heavy (non-hydrogen) atoms. The normalized spacial score (nSPS) is 11.3. The van der Waals surface area contributed by atoms with E-state index in [1.54, 1.807) is 21.0 Å². The number of nitrogens with one attached hydrogen (secondary N) is 1. The number of rotatable bonds is 8. The van der Waals surface area contributed by atoms with Gasteiger partial charge in [-0.05, 0) is 38.1 Å². The van der Waals surface area contributed by atoms with Crippen molar-refractivity contribution in [2.45, 2.75) is 13.8 Å². The Balaban J connectivity index is 2.58. The molecule has 102 valence electrons. The summed E-state index contributed by atoms with van der Waals surface area (Å²) in [6, 6.07) is 7.35. The lowest BCUT2D eigenvalue weighted by Crippen LogP contribution is -2.07. The molecule has 0 saturated heterocycles. The molecule has 0 aliphatic rings. The fraction of sp³-hybridized carbons (Fsp3) is 0.500. The maximum atomic E-state index is 12.2. The SMILES string of the molecule is CCOP(=O)(CNc1ccc(OC)cc1)OCC. The average molecular weight is 273 g/mol. The van der Waals surface area contributed by atoms with Crippen LogP contribution in [-0.2, 0) is 13.6 Å². The van der Waals surface area contributed by atoms with E-state index in [1.807, 2.05) is 24.3 Å². The minimum Gasteiger partial charge on any atom is -0.497 e. The van der Waals surface area contributed by atoms with Crippen molar-refractivity contribution in [2.24, 2.45) is 0 Å². The Bertz CT molecular complexity index is 384. The van der Waals surface area contributed by atoms with E-state index in [1.165, 1.54) is 0 Å². The largest absolute Gasteiger partial charge is 0.497 e. The minimum absolute atomic E-state index is 0.154. The highest BCUT2D eigenvalue weighted by Crippen LogP contribution is 2.47. The molecule has 0 fully saturated rings. The fourth-order valence-electron chi connectivity index (χ4n) is 1.42. The molecule has 1 aromatic carbocycles. The van der Waals surface area contributed by atoms with Crippen LogP contribution in [0.25, 0.3) is 0 Å². The maximum Gasteiger partial charge on any atom is 0.349 e. The van der Waals surface area contributed by atoms with Crippen molar-refractivity contribution in [3.63, 3.8) is 0 Å². The van der Waals surface area contributed by atoms with Gasteiger partial charge < -0.3 is 19.1 Å². The Morgan fingerprint density at radius 1 is 1.11 bits per heavy atom. The Morgan fingerprint density at radius 3 is 2.11 bits per heavy atom. The summed E-state index contributed by atoms with van der Waals surface area (Å²) in [5, 5.41) is 3.04. The molecule has 0 aliphatic heterocycles. The van der Waals surface area contributed by atoms with Gasteiger partial charge in [0.1, 0.15) is 12.0 Å². The highest BCUT2D eigenvalue weighted by molar-refractivity contribution is 7.53. The van der Waals surface area contributed by atoms with Gasteiger partial charge in [0.15, 0.2) is 0 Å². The van der Waals surface area contributed by atoms with Crippen LogP contribution < -0.4 is 10.1 Å². The summed E-state index contributed by atoms with van der Waals surface area (Å²) in [5.74, 6) is 0.776. The highest BCUT2D eigenvalue weighted by Gasteiger charge is 2.22. The van der Waals surface area contributed by atoms with E-state index in [2.05, 4.69) is 5.32 Å². The Labute approximate surface area is 108 Å². The molecule has 0 unspecified atom stereocenters. The average Bonchev–Trinajstić information content (AvgIpc) is 2.38. The zero-order valence-corrected chi connectivity index (χ0v) is 11.9. The van der Waals surface area contributed by atoms with E-state index in [0.717, 1.165) is 11.4 Å².